The molecule has 0 aromatic carbocycles. The average Bonchev–Trinajstić information content (AvgIpc) is 2.83. The molecular formula is C15H21N3O2. The largest absolute Gasteiger partial charge is 0.484 e. The van der Waals surface area contributed by atoms with Crippen molar-refractivity contribution in [1.82, 2.24) is 15.5 Å². The molecule has 20 heavy (non-hydrogen) atoms. The fourth-order valence-corrected chi connectivity index (χ4v) is 1.73. The first-order valence-corrected chi connectivity index (χ1v) is 6.84. The summed E-state index contributed by atoms with van der Waals surface area (Å²) >= 11 is 0. The van der Waals surface area contributed by atoms with Crippen molar-refractivity contribution < 1.29 is 9.26 Å². The normalized spacial score (nSPS) is 11.0. The molecule has 0 saturated heterocycles. The molecule has 2 rings (SSSR count). The van der Waals surface area contributed by atoms with E-state index in [0.29, 0.717) is 18.3 Å². The van der Waals surface area contributed by atoms with Crippen LogP contribution in [0.2, 0.25) is 0 Å². The zero-order chi connectivity index (χ0) is 14.4. The molecule has 0 aliphatic carbocycles. The molecule has 0 fully saturated rings. The number of nitrogens with one attached hydrogen (secondary N) is 1. The summed E-state index contributed by atoms with van der Waals surface area (Å²) in [4.78, 5) is 4.36. The Balaban J connectivity index is 1.79. The summed E-state index contributed by atoms with van der Waals surface area (Å²) in [6.07, 6.45) is 1.73. The molecule has 0 radical (unpaired) electrons. The molecule has 2 aromatic heterocycles. The van der Waals surface area contributed by atoms with Gasteiger partial charge >= 0.3 is 0 Å². The van der Waals surface area contributed by atoms with E-state index in [1.807, 2.05) is 25.1 Å². The third-order valence-electron chi connectivity index (χ3n) is 2.71. The summed E-state index contributed by atoms with van der Waals surface area (Å²) in [5, 5.41) is 7.17. The second-order valence-electron chi connectivity index (χ2n) is 5.23. The SMILES string of the molecule is Cc1cc(COc2ccc(CNCC(C)C)nc2)on1. The second-order valence-corrected chi connectivity index (χ2v) is 5.23. The van der Waals surface area contributed by atoms with Crippen LogP contribution < -0.4 is 10.1 Å². The molecule has 0 bridgehead atoms. The Kier molecular flexibility index (Phi) is 5.12. The van der Waals surface area contributed by atoms with Crippen molar-refractivity contribution in [2.24, 2.45) is 5.92 Å². The second kappa shape index (κ2) is 7.05. The van der Waals surface area contributed by atoms with Crippen molar-refractivity contribution in [3.63, 3.8) is 0 Å². The number of pyridine rings is 1. The van der Waals surface area contributed by atoms with Gasteiger partial charge in [-0.3, -0.25) is 4.98 Å². The number of rotatable bonds is 7. The van der Waals surface area contributed by atoms with E-state index in [0.717, 1.165) is 30.2 Å². The summed E-state index contributed by atoms with van der Waals surface area (Å²) in [5.74, 6) is 2.08. The van der Waals surface area contributed by atoms with Gasteiger partial charge in [-0.25, -0.2) is 0 Å². The van der Waals surface area contributed by atoms with Crippen molar-refractivity contribution in [1.29, 1.82) is 0 Å². The topological polar surface area (TPSA) is 60.2 Å². The summed E-state index contributed by atoms with van der Waals surface area (Å²) < 4.78 is 10.7. The van der Waals surface area contributed by atoms with Crippen LogP contribution in [0.4, 0.5) is 0 Å². The van der Waals surface area contributed by atoms with E-state index in [2.05, 4.69) is 29.3 Å². The third kappa shape index (κ3) is 4.66. The van der Waals surface area contributed by atoms with Gasteiger partial charge in [0, 0.05) is 12.6 Å². The first-order chi connectivity index (χ1) is 9.63. The molecule has 5 nitrogen and oxygen atoms in total. The van der Waals surface area contributed by atoms with Crippen LogP contribution in [0.5, 0.6) is 5.75 Å². The lowest BCUT2D eigenvalue weighted by atomic mass is 10.2. The van der Waals surface area contributed by atoms with Crippen molar-refractivity contribution in [2.75, 3.05) is 6.54 Å². The Hall–Kier alpha value is -1.88. The molecule has 2 aromatic rings. The Labute approximate surface area is 119 Å². The first kappa shape index (κ1) is 14.5. The van der Waals surface area contributed by atoms with Crippen molar-refractivity contribution in [2.45, 2.75) is 33.9 Å². The molecule has 0 spiro atoms. The van der Waals surface area contributed by atoms with Gasteiger partial charge in [-0.05, 0) is 31.5 Å². The van der Waals surface area contributed by atoms with E-state index in [1.54, 1.807) is 6.20 Å². The minimum absolute atomic E-state index is 0.369. The number of aryl methyl sites for hydroxylation is 1. The molecule has 0 saturated carbocycles. The highest BCUT2D eigenvalue weighted by molar-refractivity contribution is 5.20. The van der Waals surface area contributed by atoms with Crippen LogP contribution in [0.1, 0.15) is 31.0 Å². The molecule has 2 heterocycles. The smallest absolute Gasteiger partial charge is 0.174 e. The Morgan fingerprint density at radius 2 is 2.20 bits per heavy atom. The fraction of sp³-hybridized carbons (Fsp3) is 0.467. The number of hydrogen-bond donors (Lipinski definition) is 1. The Morgan fingerprint density at radius 3 is 2.80 bits per heavy atom. The summed E-state index contributed by atoms with van der Waals surface area (Å²) in [7, 11) is 0. The lowest BCUT2D eigenvalue weighted by Crippen LogP contribution is -2.19. The highest BCUT2D eigenvalue weighted by atomic mass is 16.5. The summed E-state index contributed by atoms with van der Waals surface area (Å²) in [6, 6.07) is 5.74. The zero-order valence-corrected chi connectivity index (χ0v) is 12.2. The molecule has 0 aliphatic rings. The van der Waals surface area contributed by atoms with E-state index < -0.39 is 0 Å². The minimum atomic E-state index is 0.369. The molecule has 5 heteroatoms. The van der Waals surface area contributed by atoms with Crippen molar-refractivity contribution in [3.8, 4) is 5.75 Å². The molecule has 108 valence electrons. The summed E-state index contributed by atoms with van der Waals surface area (Å²) in [6.45, 7) is 8.39. The lowest BCUT2D eigenvalue weighted by molar-refractivity contribution is 0.248. The Bertz CT molecular complexity index is 520. The van der Waals surface area contributed by atoms with Gasteiger partial charge in [0.2, 0.25) is 0 Å². The van der Waals surface area contributed by atoms with Crippen LogP contribution in [0.3, 0.4) is 0 Å². The molecule has 0 aliphatic heterocycles. The van der Waals surface area contributed by atoms with Gasteiger partial charge in [-0.1, -0.05) is 19.0 Å². The fourth-order valence-electron chi connectivity index (χ4n) is 1.73. The maximum absolute atomic E-state index is 5.59. The van der Waals surface area contributed by atoms with E-state index in [9.17, 15) is 0 Å². The van der Waals surface area contributed by atoms with Crippen LogP contribution in [-0.2, 0) is 13.2 Å². The minimum Gasteiger partial charge on any atom is -0.484 e. The highest BCUT2D eigenvalue weighted by Crippen LogP contribution is 2.12. The molecule has 1 N–H and O–H groups in total. The predicted octanol–water partition coefficient (Wildman–Crippen LogP) is 2.70. The predicted molar refractivity (Wildman–Crippen MR) is 76.4 cm³/mol. The van der Waals surface area contributed by atoms with Gasteiger partial charge in [0.1, 0.15) is 12.4 Å². The third-order valence-corrected chi connectivity index (χ3v) is 2.71. The number of aromatic nitrogens is 2. The van der Waals surface area contributed by atoms with E-state index in [1.165, 1.54) is 0 Å². The quantitative estimate of drug-likeness (QED) is 0.842. The van der Waals surface area contributed by atoms with Gasteiger partial charge in [0.15, 0.2) is 5.76 Å². The van der Waals surface area contributed by atoms with E-state index in [4.69, 9.17) is 9.26 Å². The van der Waals surface area contributed by atoms with Crippen LogP contribution in [-0.4, -0.2) is 16.7 Å². The lowest BCUT2D eigenvalue weighted by Gasteiger charge is -2.07. The van der Waals surface area contributed by atoms with E-state index in [-0.39, 0.29) is 0 Å². The maximum atomic E-state index is 5.59. The molecule has 0 unspecified atom stereocenters. The summed E-state index contributed by atoms with van der Waals surface area (Å²) in [5.41, 5.74) is 1.86. The first-order valence-electron chi connectivity index (χ1n) is 6.84. The molecular weight excluding hydrogens is 254 g/mol. The monoisotopic (exact) mass is 275 g/mol. The standard InChI is InChI=1S/C15H21N3O2/c1-11(2)7-16-8-13-4-5-14(9-17-13)19-10-15-6-12(3)18-20-15/h4-6,9,11,16H,7-8,10H2,1-3H3. The highest BCUT2D eigenvalue weighted by Gasteiger charge is 2.03. The van der Waals surface area contributed by atoms with Crippen LogP contribution >= 0.6 is 0 Å². The van der Waals surface area contributed by atoms with Gasteiger partial charge in [0.25, 0.3) is 0 Å². The molecule has 0 atom stereocenters. The molecule has 0 amide bonds. The van der Waals surface area contributed by atoms with Crippen molar-refractivity contribution >= 4 is 0 Å². The average molecular weight is 275 g/mol. The Morgan fingerprint density at radius 1 is 1.35 bits per heavy atom. The van der Waals surface area contributed by atoms with Crippen LogP contribution in [0.15, 0.2) is 28.9 Å². The van der Waals surface area contributed by atoms with Gasteiger partial charge < -0.3 is 14.6 Å². The zero-order valence-electron chi connectivity index (χ0n) is 12.2. The number of hydrogen-bond acceptors (Lipinski definition) is 5. The van der Waals surface area contributed by atoms with Crippen LogP contribution in [0.25, 0.3) is 0 Å². The number of ether oxygens (including phenoxy) is 1. The van der Waals surface area contributed by atoms with Crippen LogP contribution in [0, 0.1) is 12.8 Å². The van der Waals surface area contributed by atoms with Gasteiger partial charge in [0.05, 0.1) is 17.6 Å². The van der Waals surface area contributed by atoms with Gasteiger partial charge in [-0.2, -0.15) is 0 Å². The maximum Gasteiger partial charge on any atom is 0.174 e. The van der Waals surface area contributed by atoms with Gasteiger partial charge in [-0.15, -0.1) is 0 Å². The van der Waals surface area contributed by atoms with Crippen molar-refractivity contribution in [3.05, 3.63) is 41.5 Å². The van der Waals surface area contributed by atoms with E-state index >= 15 is 0 Å². The number of nitrogens with zero attached hydrogens (tertiary/aromatic N) is 2.